The van der Waals surface area contributed by atoms with E-state index < -0.39 is 5.67 Å². The Morgan fingerprint density at radius 2 is 2.00 bits per heavy atom. The third-order valence-corrected chi connectivity index (χ3v) is 2.37. The van der Waals surface area contributed by atoms with Gasteiger partial charge in [-0.25, -0.2) is 4.39 Å². The summed E-state index contributed by atoms with van der Waals surface area (Å²) in [5, 5.41) is 0. The molecule has 0 spiro atoms. The van der Waals surface area contributed by atoms with E-state index in [1.54, 1.807) is 0 Å². The van der Waals surface area contributed by atoms with E-state index in [9.17, 15) is 4.39 Å². The molecule has 52 valence electrons. The van der Waals surface area contributed by atoms with Gasteiger partial charge in [0.05, 0.1) is 0 Å². The number of halogens is 1. The SMILES string of the molecule is CN1CC(F)(C2CC2)C1. The summed E-state index contributed by atoms with van der Waals surface area (Å²) in [6.45, 7) is 1.36. The van der Waals surface area contributed by atoms with Crippen LogP contribution in [0.3, 0.4) is 0 Å². The summed E-state index contributed by atoms with van der Waals surface area (Å²) in [4.78, 5) is 2.04. The molecule has 0 aromatic rings. The Balaban J connectivity index is 1.94. The van der Waals surface area contributed by atoms with Gasteiger partial charge in [0.2, 0.25) is 0 Å². The molecule has 2 fully saturated rings. The van der Waals surface area contributed by atoms with Crippen LogP contribution in [0.1, 0.15) is 12.8 Å². The number of hydrogen-bond acceptors (Lipinski definition) is 1. The normalized spacial score (nSPS) is 34.0. The molecule has 2 heteroatoms. The summed E-state index contributed by atoms with van der Waals surface area (Å²) in [7, 11) is 1.97. The Hall–Kier alpha value is -0.110. The molecule has 0 aromatic heterocycles. The first kappa shape index (κ1) is 5.66. The average molecular weight is 129 g/mol. The molecule has 1 heterocycles. The molecule has 1 aliphatic carbocycles. The van der Waals surface area contributed by atoms with Crippen molar-refractivity contribution in [3.05, 3.63) is 0 Å². The van der Waals surface area contributed by atoms with Crippen LogP contribution < -0.4 is 0 Å². The van der Waals surface area contributed by atoms with Gasteiger partial charge in [0.15, 0.2) is 0 Å². The second-order valence-electron chi connectivity index (χ2n) is 3.48. The van der Waals surface area contributed by atoms with Gasteiger partial charge in [-0.05, 0) is 25.8 Å². The molecule has 0 unspecified atom stereocenters. The number of nitrogens with zero attached hydrogens (tertiary/aromatic N) is 1. The zero-order valence-corrected chi connectivity index (χ0v) is 5.73. The molecule has 1 saturated carbocycles. The van der Waals surface area contributed by atoms with Crippen LogP contribution in [0.5, 0.6) is 0 Å². The molecule has 1 aliphatic heterocycles. The van der Waals surface area contributed by atoms with E-state index in [1.807, 2.05) is 11.9 Å². The van der Waals surface area contributed by atoms with Crippen molar-refractivity contribution in [1.29, 1.82) is 0 Å². The zero-order valence-electron chi connectivity index (χ0n) is 5.73. The highest BCUT2D eigenvalue weighted by Crippen LogP contribution is 2.46. The van der Waals surface area contributed by atoms with Gasteiger partial charge >= 0.3 is 0 Å². The fraction of sp³-hybridized carbons (Fsp3) is 1.00. The lowest BCUT2D eigenvalue weighted by molar-refractivity contribution is -0.0327. The lowest BCUT2D eigenvalue weighted by Gasteiger charge is -2.42. The Labute approximate surface area is 54.8 Å². The summed E-state index contributed by atoms with van der Waals surface area (Å²) < 4.78 is 13.3. The Morgan fingerprint density at radius 1 is 1.44 bits per heavy atom. The van der Waals surface area contributed by atoms with Gasteiger partial charge in [-0.3, -0.25) is 4.90 Å². The fourth-order valence-electron chi connectivity index (χ4n) is 1.71. The van der Waals surface area contributed by atoms with Crippen molar-refractivity contribution in [3.8, 4) is 0 Å². The van der Waals surface area contributed by atoms with Gasteiger partial charge in [-0.2, -0.15) is 0 Å². The molecule has 1 nitrogen and oxygen atoms in total. The highest BCUT2D eigenvalue weighted by Gasteiger charge is 2.52. The molecule has 0 N–H and O–H groups in total. The molecule has 0 radical (unpaired) electrons. The molecule has 0 amide bonds. The topological polar surface area (TPSA) is 3.24 Å². The number of likely N-dealkylation sites (tertiary alicyclic amines) is 1. The van der Waals surface area contributed by atoms with Crippen LogP contribution in [0.15, 0.2) is 0 Å². The molecule has 9 heavy (non-hydrogen) atoms. The van der Waals surface area contributed by atoms with Gasteiger partial charge in [-0.15, -0.1) is 0 Å². The summed E-state index contributed by atoms with van der Waals surface area (Å²) in [5.41, 5.74) is -0.769. The Morgan fingerprint density at radius 3 is 2.33 bits per heavy atom. The van der Waals surface area contributed by atoms with Crippen molar-refractivity contribution in [2.45, 2.75) is 18.5 Å². The van der Waals surface area contributed by atoms with E-state index >= 15 is 0 Å². The van der Waals surface area contributed by atoms with Crippen molar-refractivity contribution in [3.63, 3.8) is 0 Å². The summed E-state index contributed by atoms with van der Waals surface area (Å²) in [6.07, 6.45) is 2.26. The Bertz CT molecular complexity index is 125. The molecule has 0 bridgehead atoms. The summed E-state index contributed by atoms with van der Waals surface area (Å²) in [5.74, 6) is 0.425. The van der Waals surface area contributed by atoms with Crippen LogP contribution in [-0.2, 0) is 0 Å². The van der Waals surface area contributed by atoms with Crippen LogP contribution in [0.25, 0.3) is 0 Å². The van der Waals surface area contributed by atoms with Crippen LogP contribution in [0, 0.1) is 5.92 Å². The van der Waals surface area contributed by atoms with E-state index in [0.29, 0.717) is 19.0 Å². The van der Waals surface area contributed by atoms with Crippen LogP contribution in [0.4, 0.5) is 4.39 Å². The van der Waals surface area contributed by atoms with Gasteiger partial charge in [0, 0.05) is 13.1 Å². The standard InChI is InChI=1S/C7H12FN/c1-9-4-7(8,5-9)6-2-3-6/h6H,2-5H2,1H3. The molecule has 0 atom stereocenters. The summed E-state index contributed by atoms with van der Waals surface area (Å²) >= 11 is 0. The molecule has 2 aliphatic rings. The van der Waals surface area contributed by atoms with Gasteiger partial charge < -0.3 is 0 Å². The lowest BCUT2D eigenvalue weighted by Crippen LogP contribution is -2.58. The number of rotatable bonds is 1. The number of alkyl halides is 1. The van der Waals surface area contributed by atoms with Crippen LogP contribution >= 0.6 is 0 Å². The van der Waals surface area contributed by atoms with E-state index in [0.717, 1.165) is 12.8 Å². The second-order valence-corrected chi connectivity index (χ2v) is 3.48. The smallest absolute Gasteiger partial charge is 0.139 e. The maximum atomic E-state index is 13.3. The van der Waals surface area contributed by atoms with Gasteiger partial charge in [0.25, 0.3) is 0 Å². The minimum absolute atomic E-state index is 0.425. The van der Waals surface area contributed by atoms with E-state index in [2.05, 4.69) is 0 Å². The van der Waals surface area contributed by atoms with Crippen molar-refractivity contribution < 1.29 is 4.39 Å². The first-order valence-electron chi connectivity index (χ1n) is 3.58. The van der Waals surface area contributed by atoms with Crippen LogP contribution in [-0.4, -0.2) is 30.7 Å². The highest BCUT2D eigenvalue weighted by atomic mass is 19.1. The van der Waals surface area contributed by atoms with Crippen LogP contribution in [0.2, 0.25) is 0 Å². The highest BCUT2D eigenvalue weighted by molar-refractivity contribution is 5.04. The minimum atomic E-state index is -0.769. The second kappa shape index (κ2) is 1.48. The fourth-order valence-corrected chi connectivity index (χ4v) is 1.71. The van der Waals surface area contributed by atoms with Gasteiger partial charge in [-0.1, -0.05) is 0 Å². The monoisotopic (exact) mass is 129 g/mol. The minimum Gasteiger partial charge on any atom is -0.300 e. The Kier molecular flexibility index (Phi) is 0.933. The molecular formula is C7H12FN. The first-order chi connectivity index (χ1) is 4.21. The van der Waals surface area contributed by atoms with Crippen molar-refractivity contribution in [2.24, 2.45) is 5.92 Å². The van der Waals surface area contributed by atoms with E-state index in [1.165, 1.54) is 0 Å². The first-order valence-corrected chi connectivity index (χ1v) is 3.58. The zero-order chi connectivity index (χ0) is 6.48. The lowest BCUT2D eigenvalue weighted by atomic mass is 9.92. The molecule has 0 aromatic carbocycles. The maximum absolute atomic E-state index is 13.3. The van der Waals surface area contributed by atoms with Gasteiger partial charge in [0.1, 0.15) is 5.67 Å². The largest absolute Gasteiger partial charge is 0.300 e. The van der Waals surface area contributed by atoms with Crippen molar-refractivity contribution in [2.75, 3.05) is 20.1 Å². The van der Waals surface area contributed by atoms with E-state index in [4.69, 9.17) is 0 Å². The molecule has 1 saturated heterocycles. The average Bonchev–Trinajstić information content (AvgIpc) is 2.39. The van der Waals surface area contributed by atoms with Crippen molar-refractivity contribution >= 4 is 0 Å². The van der Waals surface area contributed by atoms with E-state index in [-0.39, 0.29) is 0 Å². The quantitative estimate of drug-likeness (QED) is 0.511. The maximum Gasteiger partial charge on any atom is 0.139 e. The molecular weight excluding hydrogens is 117 g/mol. The predicted octanol–water partition coefficient (Wildman–Crippen LogP) is 1.05. The predicted molar refractivity (Wildman–Crippen MR) is 34.1 cm³/mol. The third-order valence-electron chi connectivity index (χ3n) is 2.37. The molecule has 2 rings (SSSR count). The summed E-state index contributed by atoms with van der Waals surface area (Å²) in [6, 6.07) is 0. The number of hydrogen-bond donors (Lipinski definition) is 0. The third kappa shape index (κ3) is 0.767. The van der Waals surface area contributed by atoms with Crippen molar-refractivity contribution in [1.82, 2.24) is 4.90 Å².